The number of rotatable bonds is 4. The average molecular weight is 298 g/mol. The van der Waals surface area contributed by atoms with Crippen molar-refractivity contribution >= 4 is 28.2 Å². The third kappa shape index (κ3) is 3.61. The molecule has 0 aromatic carbocycles. The number of ether oxygens (including phenoxy) is 1. The lowest BCUT2D eigenvalue weighted by Crippen LogP contribution is -2.51. The van der Waals surface area contributed by atoms with Crippen LogP contribution in [0.3, 0.4) is 0 Å². The van der Waals surface area contributed by atoms with Crippen LogP contribution >= 0.6 is 11.3 Å². The number of thiazole rings is 1. The van der Waals surface area contributed by atoms with Gasteiger partial charge < -0.3 is 21.1 Å². The van der Waals surface area contributed by atoms with Gasteiger partial charge in [-0.05, 0) is 33.6 Å². The first kappa shape index (κ1) is 15.1. The van der Waals surface area contributed by atoms with Crippen molar-refractivity contribution in [2.75, 3.05) is 24.3 Å². The molecular weight excluding hydrogens is 276 g/mol. The van der Waals surface area contributed by atoms with Crippen molar-refractivity contribution in [2.45, 2.75) is 45.2 Å². The van der Waals surface area contributed by atoms with E-state index in [1.807, 2.05) is 20.8 Å². The number of aromatic nitrogens is 1. The van der Waals surface area contributed by atoms with Crippen LogP contribution in [0.15, 0.2) is 0 Å². The van der Waals surface area contributed by atoms with Crippen LogP contribution in [-0.4, -0.2) is 35.7 Å². The summed E-state index contributed by atoms with van der Waals surface area (Å²) in [6.07, 6.45) is 1.86. The zero-order valence-corrected chi connectivity index (χ0v) is 13.0. The molecule has 1 aromatic heterocycles. The minimum absolute atomic E-state index is 0.176. The predicted octanol–water partition coefficient (Wildman–Crippen LogP) is 1.84. The maximum atomic E-state index is 12.3. The Labute approximate surface area is 123 Å². The fourth-order valence-corrected chi connectivity index (χ4v) is 3.09. The van der Waals surface area contributed by atoms with Gasteiger partial charge in [0.15, 0.2) is 5.13 Å². The topological polar surface area (TPSA) is 89.3 Å². The molecule has 7 heteroatoms. The largest absolute Gasteiger partial charge is 0.382 e. The molecule has 0 radical (unpaired) electrons. The molecule has 0 aliphatic carbocycles. The lowest BCUT2D eigenvalue weighted by molar-refractivity contribution is 0.0274. The average Bonchev–Trinajstić information content (AvgIpc) is 2.69. The van der Waals surface area contributed by atoms with Crippen molar-refractivity contribution in [2.24, 2.45) is 0 Å². The molecule has 20 heavy (non-hydrogen) atoms. The smallest absolute Gasteiger partial charge is 0.265 e. The number of nitrogen functional groups attached to an aromatic ring is 1. The van der Waals surface area contributed by atoms with Crippen LogP contribution in [0.25, 0.3) is 0 Å². The second-order valence-corrected chi connectivity index (χ2v) is 6.70. The van der Waals surface area contributed by atoms with E-state index in [2.05, 4.69) is 15.6 Å². The van der Waals surface area contributed by atoms with Gasteiger partial charge in [-0.3, -0.25) is 4.79 Å². The van der Waals surface area contributed by atoms with Crippen LogP contribution < -0.4 is 16.4 Å². The minimum Gasteiger partial charge on any atom is -0.382 e. The third-order valence-electron chi connectivity index (χ3n) is 3.12. The number of hydrogen-bond acceptors (Lipinski definition) is 6. The SMILES string of the molecule is CC(C)Nc1nc(N)c(C(=O)NC2(C)CCCOC2)s1. The van der Waals surface area contributed by atoms with E-state index in [-0.39, 0.29) is 23.3 Å². The van der Waals surface area contributed by atoms with Crippen molar-refractivity contribution in [1.82, 2.24) is 10.3 Å². The van der Waals surface area contributed by atoms with Crippen molar-refractivity contribution < 1.29 is 9.53 Å². The zero-order valence-electron chi connectivity index (χ0n) is 12.2. The van der Waals surface area contributed by atoms with Gasteiger partial charge in [-0.1, -0.05) is 11.3 Å². The van der Waals surface area contributed by atoms with E-state index in [0.29, 0.717) is 16.6 Å². The summed E-state index contributed by atoms with van der Waals surface area (Å²) < 4.78 is 5.44. The Kier molecular flexibility index (Phi) is 4.49. The lowest BCUT2D eigenvalue weighted by atomic mass is 9.95. The number of nitrogens with zero attached hydrogens (tertiary/aromatic N) is 1. The summed E-state index contributed by atoms with van der Waals surface area (Å²) >= 11 is 1.28. The Bertz CT molecular complexity index is 481. The molecule has 1 aliphatic rings. The zero-order chi connectivity index (χ0) is 14.8. The van der Waals surface area contributed by atoms with Crippen LogP contribution in [0.5, 0.6) is 0 Å². The van der Waals surface area contributed by atoms with Crippen molar-refractivity contribution in [3.05, 3.63) is 4.88 Å². The highest BCUT2D eigenvalue weighted by molar-refractivity contribution is 7.18. The van der Waals surface area contributed by atoms with Gasteiger partial charge in [0.2, 0.25) is 0 Å². The lowest BCUT2D eigenvalue weighted by Gasteiger charge is -2.34. The molecule has 2 rings (SSSR count). The van der Waals surface area contributed by atoms with Gasteiger partial charge in [0.25, 0.3) is 5.91 Å². The Morgan fingerprint density at radius 3 is 2.90 bits per heavy atom. The maximum Gasteiger partial charge on any atom is 0.265 e. The summed E-state index contributed by atoms with van der Waals surface area (Å²) in [5.41, 5.74) is 5.51. The third-order valence-corrected chi connectivity index (χ3v) is 4.13. The number of nitrogens with one attached hydrogen (secondary N) is 2. The second kappa shape index (κ2) is 5.97. The molecule has 1 saturated heterocycles. The van der Waals surface area contributed by atoms with Crippen molar-refractivity contribution in [1.29, 1.82) is 0 Å². The van der Waals surface area contributed by atoms with Crippen LogP contribution in [0.4, 0.5) is 10.9 Å². The van der Waals surface area contributed by atoms with E-state index < -0.39 is 0 Å². The number of carbonyl (C=O) groups is 1. The van der Waals surface area contributed by atoms with E-state index in [4.69, 9.17) is 10.5 Å². The molecule has 4 N–H and O–H groups in total. The van der Waals surface area contributed by atoms with E-state index >= 15 is 0 Å². The molecule has 1 atom stereocenters. The molecule has 1 amide bonds. The number of amides is 1. The summed E-state index contributed by atoms with van der Waals surface area (Å²) in [6.45, 7) is 7.31. The first-order valence-corrected chi connectivity index (χ1v) is 7.64. The number of carbonyl (C=O) groups excluding carboxylic acids is 1. The summed E-state index contributed by atoms with van der Waals surface area (Å²) in [5, 5.41) is 6.85. The van der Waals surface area contributed by atoms with Crippen LogP contribution in [0, 0.1) is 0 Å². The molecule has 112 valence electrons. The summed E-state index contributed by atoms with van der Waals surface area (Å²) in [5.74, 6) is 0.0979. The van der Waals surface area contributed by atoms with E-state index in [1.54, 1.807) is 0 Å². The predicted molar refractivity (Wildman–Crippen MR) is 81.2 cm³/mol. The van der Waals surface area contributed by atoms with Crippen LogP contribution in [0.1, 0.15) is 43.3 Å². The molecule has 2 heterocycles. The first-order valence-electron chi connectivity index (χ1n) is 6.83. The van der Waals surface area contributed by atoms with Gasteiger partial charge in [-0.15, -0.1) is 0 Å². The highest BCUT2D eigenvalue weighted by atomic mass is 32.1. The minimum atomic E-state index is -0.322. The van der Waals surface area contributed by atoms with Gasteiger partial charge in [0.05, 0.1) is 12.1 Å². The first-order chi connectivity index (χ1) is 9.39. The fourth-order valence-electron chi connectivity index (χ4n) is 2.17. The standard InChI is InChI=1S/C13H22N4O2S/c1-8(2)15-12-16-10(14)9(20-12)11(18)17-13(3)5-4-6-19-7-13/h8H,4-7,14H2,1-3H3,(H,15,16)(H,17,18). The Hall–Kier alpha value is -1.34. The van der Waals surface area contributed by atoms with Gasteiger partial charge in [0.1, 0.15) is 10.7 Å². The Balaban J connectivity index is 2.06. The molecule has 1 unspecified atom stereocenters. The molecular formula is C13H22N4O2S. The van der Waals surface area contributed by atoms with Crippen LogP contribution in [0.2, 0.25) is 0 Å². The van der Waals surface area contributed by atoms with Gasteiger partial charge >= 0.3 is 0 Å². The van der Waals surface area contributed by atoms with Crippen molar-refractivity contribution in [3.63, 3.8) is 0 Å². The van der Waals surface area contributed by atoms with Gasteiger partial charge in [0, 0.05) is 12.6 Å². The quantitative estimate of drug-likeness (QED) is 0.789. The summed E-state index contributed by atoms with van der Waals surface area (Å²) in [4.78, 5) is 17.0. The maximum absolute atomic E-state index is 12.3. The Morgan fingerprint density at radius 1 is 1.55 bits per heavy atom. The normalized spacial score (nSPS) is 22.8. The number of hydrogen-bond donors (Lipinski definition) is 3. The van der Waals surface area contributed by atoms with E-state index in [1.165, 1.54) is 11.3 Å². The highest BCUT2D eigenvalue weighted by Crippen LogP contribution is 2.27. The molecule has 0 saturated carbocycles. The molecule has 6 nitrogen and oxygen atoms in total. The second-order valence-electron chi connectivity index (χ2n) is 5.70. The molecule has 1 fully saturated rings. The molecule has 0 bridgehead atoms. The number of nitrogens with two attached hydrogens (primary N) is 1. The molecule has 1 aliphatic heterocycles. The highest BCUT2D eigenvalue weighted by Gasteiger charge is 2.31. The fraction of sp³-hybridized carbons (Fsp3) is 0.692. The monoisotopic (exact) mass is 298 g/mol. The number of anilines is 2. The Morgan fingerprint density at radius 2 is 2.30 bits per heavy atom. The van der Waals surface area contributed by atoms with E-state index in [0.717, 1.165) is 19.4 Å². The molecule has 0 spiro atoms. The summed E-state index contributed by atoms with van der Waals surface area (Å²) in [7, 11) is 0. The van der Waals surface area contributed by atoms with Crippen molar-refractivity contribution in [3.8, 4) is 0 Å². The van der Waals surface area contributed by atoms with Crippen LogP contribution in [-0.2, 0) is 4.74 Å². The summed E-state index contributed by atoms with van der Waals surface area (Å²) in [6, 6.07) is 0.251. The van der Waals surface area contributed by atoms with E-state index in [9.17, 15) is 4.79 Å². The van der Waals surface area contributed by atoms with Gasteiger partial charge in [-0.2, -0.15) is 0 Å². The molecule has 1 aromatic rings. The van der Waals surface area contributed by atoms with Gasteiger partial charge in [-0.25, -0.2) is 4.98 Å².